The molecular weight excluding hydrogens is 447 g/mol. The van der Waals surface area contributed by atoms with E-state index in [0.717, 1.165) is 23.0 Å². The predicted octanol–water partition coefficient (Wildman–Crippen LogP) is 4.24. The number of rotatable bonds is 7. The summed E-state index contributed by atoms with van der Waals surface area (Å²) in [5, 5.41) is 16.0. The number of hydrogen-bond acceptors (Lipinski definition) is 5. The van der Waals surface area contributed by atoms with E-state index in [4.69, 9.17) is 0 Å². The number of hydrogen-bond donors (Lipinski definition) is 1. The van der Waals surface area contributed by atoms with Gasteiger partial charge in [0, 0.05) is 49.4 Å². The molecule has 5 rings (SSSR count). The summed E-state index contributed by atoms with van der Waals surface area (Å²) in [6.07, 6.45) is 6.16. The molecule has 0 unspecified atom stereocenters. The Morgan fingerprint density at radius 1 is 1.14 bits per heavy atom. The standard InChI is InChI=1S/C25H25FN8O/c1-16(2)34-15-27-30-24(34)21-5-4-6-23(28-21)29-25(35)19-14-22-17(13-20(19)26)7-11-33(22)12-9-18-8-10-32(3)31-18/h4-8,10-11,13-16H,9,12H2,1-3H3,(H,28,29,35). The summed E-state index contributed by atoms with van der Waals surface area (Å²) in [4.78, 5) is 17.5. The minimum atomic E-state index is -0.590. The first-order chi connectivity index (χ1) is 16.9. The highest BCUT2D eigenvalue weighted by Crippen LogP contribution is 2.23. The van der Waals surface area contributed by atoms with Crippen molar-refractivity contribution in [3.8, 4) is 11.5 Å². The van der Waals surface area contributed by atoms with Crippen molar-refractivity contribution in [3.63, 3.8) is 0 Å². The molecule has 178 valence electrons. The number of fused-ring (bicyclic) bond motifs is 1. The van der Waals surface area contributed by atoms with Gasteiger partial charge in [-0.2, -0.15) is 5.10 Å². The third-order valence-electron chi connectivity index (χ3n) is 5.83. The van der Waals surface area contributed by atoms with E-state index in [-0.39, 0.29) is 11.6 Å². The molecule has 0 saturated heterocycles. The zero-order chi connectivity index (χ0) is 24.5. The topological polar surface area (TPSA) is 95.5 Å². The minimum Gasteiger partial charge on any atom is -0.347 e. The molecule has 5 aromatic rings. The lowest BCUT2D eigenvalue weighted by molar-refractivity contribution is 0.102. The fourth-order valence-electron chi connectivity index (χ4n) is 4.03. The van der Waals surface area contributed by atoms with Gasteiger partial charge in [-0.25, -0.2) is 9.37 Å². The fraction of sp³-hybridized carbons (Fsp3) is 0.240. The van der Waals surface area contributed by atoms with Crippen molar-refractivity contribution in [2.75, 3.05) is 5.32 Å². The van der Waals surface area contributed by atoms with Gasteiger partial charge in [0.1, 0.15) is 23.7 Å². The van der Waals surface area contributed by atoms with Crippen molar-refractivity contribution in [1.82, 2.24) is 34.1 Å². The number of anilines is 1. The molecule has 0 saturated carbocycles. The summed E-state index contributed by atoms with van der Waals surface area (Å²) in [6, 6.07) is 12.1. The maximum absolute atomic E-state index is 14.9. The number of carbonyl (C=O) groups is 1. The van der Waals surface area contributed by atoms with Crippen LogP contribution in [0.15, 0.2) is 61.2 Å². The second-order valence-corrected chi connectivity index (χ2v) is 8.65. The van der Waals surface area contributed by atoms with Crippen molar-refractivity contribution in [2.45, 2.75) is 32.9 Å². The lowest BCUT2D eigenvalue weighted by Crippen LogP contribution is -2.15. The number of nitrogens with one attached hydrogen (secondary N) is 1. The highest BCUT2D eigenvalue weighted by atomic mass is 19.1. The van der Waals surface area contributed by atoms with Gasteiger partial charge >= 0.3 is 0 Å². The van der Waals surface area contributed by atoms with Gasteiger partial charge in [-0.05, 0) is 50.2 Å². The molecule has 4 heterocycles. The monoisotopic (exact) mass is 472 g/mol. The smallest absolute Gasteiger partial charge is 0.259 e. The SMILES string of the molecule is CC(C)n1cnnc1-c1cccc(NC(=O)c2cc3c(ccn3CCc3ccn(C)n3)cc2F)n1. The largest absolute Gasteiger partial charge is 0.347 e. The Balaban J connectivity index is 1.39. The molecule has 1 N–H and O–H groups in total. The van der Waals surface area contributed by atoms with Crippen LogP contribution in [0, 0.1) is 5.82 Å². The lowest BCUT2D eigenvalue weighted by atomic mass is 10.1. The molecule has 10 heteroatoms. The van der Waals surface area contributed by atoms with Crippen LogP contribution in [-0.4, -0.2) is 40.0 Å². The zero-order valence-electron chi connectivity index (χ0n) is 19.7. The van der Waals surface area contributed by atoms with E-state index in [0.29, 0.717) is 23.9 Å². The Morgan fingerprint density at radius 2 is 2.00 bits per heavy atom. The van der Waals surface area contributed by atoms with Crippen LogP contribution in [0.4, 0.5) is 10.2 Å². The van der Waals surface area contributed by atoms with Gasteiger partial charge in [0.25, 0.3) is 5.91 Å². The molecule has 0 aliphatic heterocycles. The van der Waals surface area contributed by atoms with Crippen molar-refractivity contribution < 1.29 is 9.18 Å². The molecule has 1 amide bonds. The van der Waals surface area contributed by atoms with Crippen LogP contribution in [-0.2, 0) is 20.0 Å². The highest BCUT2D eigenvalue weighted by molar-refractivity contribution is 6.06. The Hall–Kier alpha value is -4.34. The molecule has 9 nitrogen and oxygen atoms in total. The lowest BCUT2D eigenvalue weighted by Gasteiger charge is -2.11. The maximum atomic E-state index is 14.9. The summed E-state index contributed by atoms with van der Waals surface area (Å²) < 4.78 is 20.5. The summed E-state index contributed by atoms with van der Waals surface area (Å²) in [7, 11) is 1.88. The number of pyridine rings is 1. The van der Waals surface area contributed by atoms with Crippen molar-refractivity contribution in [2.24, 2.45) is 7.05 Å². The van der Waals surface area contributed by atoms with Gasteiger partial charge < -0.3 is 14.5 Å². The normalized spacial score (nSPS) is 11.5. The van der Waals surface area contributed by atoms with Crippen LogP contribution < -0.4 is 5.32 Å². The molecule has 0 bridgehead atoms. The van der Waals surface area contributed by atoms with E-state index in [1.54, 1.807) is 35.3 Å². The Morgan fingerprint density at radius 3 is 2.77 bits per heavy atom. The van der Waals surface area contributed by atoms with Gasteiger partial charge in [0.15, 0.2) is 5.82 Å². The molecule has 0 aliphatic rings. The molecule has 0 aliphatic carbocycles. The summed E-state index contributed by atoms with van der Waals surface area (Å²) in [5.41, 5.74) is 2.26. The Kier molecular flexibility index (Phi) is 5.86. The average molecular weight is 473 g/mol. The number of aromatic nitrogens is 7. The second-order valence-electron chi connectivity index (χ2n) is 8.65. The number of halogens is 1. The molecule has 0 fully saturated rings. The Bertz CT molecular complexity index is 1510. The number of nitrogens with zero attached hydrogens (tertiary/aromatic N) is 7. The predicted molar refractivity (Wildman–Crippen MR) is 130 cm³/mol. The van der Waals surface area contributed by atoms with E-state index < -0.39 is 11.7 Å². The van der Waals surface area contributed by atoms with E-state index in [1.807, 2.05) is 54.6 Å². The fourth-order valence-corrected chi connectivity index (χ4v) is 4.03. The number of carbonyl (C=O) groups excluding carboxylic acids is 1. The molecular formula is C25H25FN8O. The van der Waals surface area contributed by atoms with E-state index in [9.17, 15) is 9.18 Å². The van der Waals surface area contributed by atoms with Crippen molar-refractivity contribution in [3.05, 3.63) is 78.3 Å². The summed E-state index contributed by atoms with van der Waals surface area (Å²) >= 11 is 0. The quantitative estimate of drug-likeness (QED) is 0.382. The van der Waals surface area contributed by atoms with Crippen LogP contribution in [0.5, 0.6) is 0 Å². The van der Waals surface area contributed by atoms with Crippen LogP contribution in [0.2, 0.25) is 0 Å². The molecule has 1 aromatic carbocycles. The van der Waals surface area contributed by atoms with E-state index in [2.05, 4.69) is 25.6 Å². The second kappa shape index (κ2) is 9.13. The maximum Gasteiger partial charge on any atom is 0.259 e. The third kappa shape index (κ3) is 4.54. The highest BCUT2D eigenvalue weighted by Gasteiger charge is 2.17. The Labute approximate surface area is 201 Å². The van der Waals surface area contributed by atoms with Crippen LogP contribution >= 0.6 is 0 Å². The summed E-state index contributed by atoms with van der Waals surface area (Å²) in [5.74, 6) is -0.268. The minimum absolute atomic E-state index is 0.0483. The number of aryl methyl sites for hydroxylation is 3. The van der Waals surface area contributed by atoms with Gasteiger partial charge in [0.2, 0.25) is 0 Å². The molecule has 35 heavy (non-hydrogen) atoms. The molecule has 0 spiro atoms. The van der Waals surface area contributed by atoms with Crippen LogP contribution in [0.25, 0.3) is 22.4 Å². The van der Waals surface area contributed by atoms with Gasteiger partial charge in [-0.3, -0.25) is 9.48 Å². The first-order valence-electron chi connectivity index (χ1n) is 11.3. The zero-order valence-corrected chi connectivity index (χ0v) is 19.7. The first kappa shape index (κ1) is 22.5. The van der Waals surface area contributed by atoms with Crippen molar-refractivity contribution >= 4 is 22.6 Å². The first-order valence-corrected chi connectivity index (χ1v) is 11.3. The average Bonchev–Trinajstić information content (AvgIpc) is 3.57. The van der Waals surface area contributed by atoms with Gasteiger partial charge in [0.05, 0.1) is 11.3 Å². The van der Waals surface area contributed by atoms with E-state index >= 15 is 0 Å². The number of amides is 1. The van der Waals surface area contributed by atoms with E-state index in [1.165, 1.54) is 6.07 Å². The third-order valence-corrected chi connectivity index (χ3v) is 5.83. The van der Waals surface area contributed by atoms with Crippen LogP contribution in [0.3, 0.4) is 0 Å². The van der Waals surface area contributed by atoms with Crippen molar-refractivity contribution in [1.29, 1.82) is 0 Å². The molecule has 4 aromatic heterocycles. The summed E-state index contributed by atoms with van der Waals surface area (Å²) in [6.45, 7) is 4.70. The van der Waals surface area contributed by atoms with Crippen LogP contribution in [0.1, 0.15) is 35.9 Å². The molecule has 0 atom stereocenters. The molecule has 0 radical (unpaired) electrons. The number of benzene rings is 1. The van der Waals surface area contributed by atoms with Gasteiger partial charge in [-0.1, -0.05) is 6.07 Å². The van der Waals surface area contributed by atoms with Gasteiger partial charge in [-0.15, -0.1) is 10.2 Å².